The molecule has 1 unspecified atom stereocenters. The monoisotopic (exact) mass is 847 g/mol. The normalized spacial score (nSPS) is 20.4. The number of hydrogen-bond donors (Lipinski definition) is 0. The maximum absolute atomic E-state index is 11.5. The molecule has 0 amide bonds. The maximum Gasteiger partial charge on any atom is 0.143 e. The standard InChI is InChI=1S/C23H28Cl3N3.C19H19Cl3N2O/c1-17(28-10-2-3-11-28)15-27-12-13-29(22-9-8-20(25)14-21(22)26)23(16-27)18-4-6-19(24)7-5-18;1-13(25)11-23-8-9-24(18-7-6-16(21)10-17(18)22)19(12-23)14-2-4-15(20)5-3-14/h4-9,14,17,23H,2-3,10-13,15-16H2,1H3;2-7,10,19H,8-9,11-12H2,1H3/t17?,23-;19-/m00/s1. The zero-order chi connectivity index (χ0) is 38.4. The van der Waals surface area contributed by atoms with E-state index in [1.54, 1.807) is 13.0 Å². The fourth-order valence-electron chi connectivity index (χ4n) is 7.92. The van der Waals surface area contributed by atoms with E-state index in [1.165, 1.54) is 31.5 Å². The van der Waals surface area contributed by atoms with Crippen molar-refractivity contribution in [3.63, 3.8) is 0 Å². The van der Waals surface area contributed by atoms with Crippen LogP contribution in [0.15, 0.2) is 84.9 Å². The van der Waals surface area contributed by atoms with Crippen LogP contribution in [0.3, 0.4) is 0 Å². The Bertz CT molecular complexity index is 1860. The molecular formula is C42H47Cl6N5O. The summed E-state index contributed by atoms with van der Waals surface area (Å²) in [5.74, 6) is 0.174. The molecule has 3 aliphatic rings. The van der Waals surface area contributed by atoms with Crippen molar-refractivity contribution in [2.75, 3.05) is 75.2 Å². The van der Waals surface area contributed by atoms with Crippen molar-refractivity contribution in [3.8, 4) is 0 Å². The molecule has 4 aromatic carbocycles. The van der Waals surface area contributed by atoms with E-state index < -0.39 is 0 Å². The predicted octanol–water partition coefficient (Wildman–Crippen LogP) is 11.1. The van der Waals surface area contributed by atoms with Gasteiger partial charge >= 0.3 is 0 Å². The topological polar surface area (TPSA) is 33.3 Å². The summed E-state index contributed by atoms with van der Waals surface area (Å²) < 4.78 is 0. The van der Waals surface area contributed by atoms with Gasteiger partial charge in [-0.25, -0.2) is 0 Å². The molecule has 7 rings (SSSR count). The Labute approximate surface area is 350 Å². The van der Waals surface area contributed by atoms with Crippen molar-refractivity contribution in [1.29, 1.82) is 0 Å². The van der Waals surface area contributed by atoms with Crippen LogP contribution in [0.4, 0.5) is 11.4 Å². The molecule has 12 heteroatoms. The number of Topliss-reactive ketones (excluding diaryl/α,β-unsaturated/α-hetero) is 1. The highest BCUT2D eigenvalue weighted by atomic mass is 35.5. The fourth-order valence-corrected chi connectivity index (χ4v) is 9.21. The number of anilines is 2. The lowest BCUT2D eigenvalue weighted by atomic mass is 10.0. The number of benzene rings is 4. The molecule has 0 saturated carbocycles. The number of piperazine rings is 2. The zero-order valence-electron chi connectivity index (χ0n) is 30.7. The SMILES string of the molecule is CC(=O)CN1CCN(c2ccc(Cl)cc2Cl)[C@H](c2ccc(Cl)cc2)C1.CC(CN1CCN(c2ccc(Cl)cc2Cl)[C@H](c2ccc(Cl)cc2)C1)N1CCCC1. The van der Waals surface area contributed by atoms with Gasteiger partial charge in [0.05, 0.1) is 40.0 Å². The first-order valence-corrected chi connectivity index (χ1v) is 20.8. The third-order valence-corrected chi connectivity index (χ3v) is 12.2. The van der Waals surface area contributed by atoms with Gasteiger partial charge in [-0.05, 0) is 112 Å². The molecule has 0 bridgehead atoms. The second kappa shape index (κ2) is 19.3. The van der Waals surface area contributed by atoms with Gasteiger partial charge < -0.3 is 9.80 Å². The van der Waals surface area contributed by atoms with Crippen LogP contribution in [0.1, 0.15) is 49.9 Å². The quantitative estimate of drug-likeness (QED) is 0.167. The van der Waals surface area contributed by atoms with Gasteiger partial charge in [-0.2, -0.15) is 0 Å². The van der Waals surface area contributed by atoms with Crippen LogP contribution in [0.25, 0.3) is 0 Å². The molecule has 0 N–H and O–H groups in total. The third-order valence-electron chi connectivity index (χ3n) is 10.6. The Morgan fingerprint density at radius 3 is 1.46 bits per heavy atom. The van der Waals surface area contributed by atoms with Crippen LogP contribution < -0.4 is 9.80 Å². The van der Waals surface area contributed by atoms with E-state index in [4.69, 9.17) is 69.6 Å². The Kier molecular flexibility index (Phi) is 14.8. The van der Waals surface area contributed by atoms with Gasteiger partial charge in [0.25, 0.3) is 0 Å². The molecule has 3 atom stereocenters. The van der Waals surface area contributed by atoms with Crippen molar-refractivity contribution in [2.45, 2.75) is 44.8 Å². The molecule has 0 aromatic heterocycles. The van der Waals surface area contributed by atoms with Crippen molar-refractivity contribution in [3.05, 3.63) is 126 Å². The van der Waals surface area contributed by atoms with Gasteiger partial charge in [-0.1, -0.05) is 93.9 Å². The molecule has 3 saturated heterocycles. The fraction of sp³-hybridized carbons (Fsp3) is 0.405. The molecule has 288 valence electrons. The molecule has 3 aliphatic heterocycles. The van der Waals surface area contributed by atoms with Crippen LogP contribution >= 0.6 is 69.6 Å². The number of likely N-dealkylation sites (tertiary alicyclic amines) is 1. The largest absolute Gasteiger partial charge is 0.361 e. The number of carbonyl (C=O) groups is 1. The highest BCUT2D eigenvalue weighted by Crippen LogP contribution is 2.38. The first-order valence-electron chi connectivity index (χ1n) is 18.6. The Morgan fingerprint density at radius 1 is 0.593 bits per heavy atom. The summed E-state index contributed by atoms with van der Waals surface area (Å²) in [7, 11) is 0. The van der Waals surface area contributed by atoms with Gasteiger partial charge in [0.1, 0.15) is 5.78 Å². The van der Waals surface area contributed by atoms with Gasteiger partial charge in [-0.15, -0.1) is 0 Å². The van der Waals surface area contributed by atoms with E-state index in [9.17, 15) is 4.79 Å². The van der Waals surface area contributed by atoms with E-state index in [0.29, 0.717) is 37.7 Å². The minimum atomic E-state index is 0.0871. The highest BCUT2D eigenvalue weighted by molar-refractivity contribution is 6.37. The van der Waals surface area contributed by atoms with Crippen molar-refractivity contribution < 1.29 is 4.79 Å². The van der Waals surface area contributed by atoms with Crippen molar-refractivity contribution >= 4 is 86.8 Å². The summed E-state index contributed by atoms with van der Waals surface area (Å²) in [6, 6.07) is 28.3. The predicted molar refractivity (Wildman–Crippen MR) is 230 cm³/mol. The zero-order valence-corrected chi connectivity index (χ0v) is 35.2. The van der Waals surface area contributed by atoms with E-state index in [-0.39, 0.29) is 17.9 Å². The molecule has 0 radical (unpaired) electrons. The Balaban J connectivity index is 0.000000186. The summed E-state index contributed by atoms with van der Waals surface area (Å²) in [6.07, 6.45) is 2.67. The number of halogens is 6. The van der Waals surface area contributed by atoms with Gasteiger partial charge in [0.2, 0.25) is 0 Å². The van der Waals surface area contributed by atoms with E-state index in [1.807, 2.05) is 66.7 Å². The lowest BCUT2D eigenvalue weighted by Gasteiger charge is -2.44. The Hall–Kier alpha value is -2.23. The second-order valence-corrected chi connectivity index (χ2v) is 17.1. The molecule has 0 aliphatic carbocycles. The number of ketones is 1. The Morgan fingerprint density at radius 2 is 1.02 bits per heavy atom. The number of carbonyl (C=O) groups excluding carboxylic acids is 1. The molecule has 4 aromatic rings. The van der Waals surface area contributed by atoms with Crippen LogP contribution in [0.2, 0.25) is 30.1 Å². The summed E-state index contributed by atoms with van der Waals surface area (Å²) >= 11 is 37.4. The van der Waals surface area contributed by atoms with Crippen LogP contribution in [-0.4, -0.2) is 92.0 Å². The van der Waals surface area contributed by atoms with Crippen molar-refractivity contribution in [2.24, 2.45) is 0 Å². The van der Waals surface area contributed by atoms with Crippen LogP contribution in [0.5, 0.6) is 0 Å². The average molecular weight is 851 g/mol. The maximum atomic E-state index is 11.5. The summed E-state index contributed by atoms with van der Waals surface area (Å²) in [5.41, 5.74) is 4.40. The molecule has 6 nitrogen and oxygen atoms in total. The minimum Gasteiger partial charge on any atom is -0.361 e. The molecule has 3 heterocycles. The van der Waals surface area contributed by atoms with Crippen LogP contribution in [-0.2, 0) is 4.79 Å². The number of nitrogens with zero attached hydrogens (tertiary/aromatic N) is 5. The molecule has 54 heavy (non-hydrogen) atoms. The van der Waals surface area contributed by atoms with Gasteiger partial charge in [-0.3, -0.25) is 19.5 Å². The van der Waals surface area contributed by atoms with Gasteiger partial charge in [0.15, 0.2) is 0 Å². The van der Waals surface area contributed by atoms with Gasteiger partial charge in [0, 0.05) is 71.9 Å². The molecular weight excluding hydrogens is 803 g/mol. The summed E-state index contributed by atoms with van der Waals surface area (Å²) in [6.45, 7) is 13.3. The summed E-state index contributed by atoms with van der Waals surface area (Å²) in [5, 5.41) is 4.09. The molecule has 3 fully saturated rings. The lowest BCUT2D eigenvalue weighted by Crippen LogP contribution is -2.52. The third kappa shape index (κ3) is 10.8. The van der Waals surface area contributed by atoms with E-state index in [0.717, 1.165) is 67.8 Å². The number of rotatable bonds is 9. The smallest absolute Gasteiger partial charge is 0.143 e. The number of hydrogen-bond acceptors (Lipinski definition) is 6. The first-order chi connectivity index (χ1) is 25.9. The van der Waals surface area contributed by atoms with E-state index in [2.05, 4.69) is 43.6 Å². The molecule has 0 spiro atoms. The minimum absolute atomic E-state index is 0.0871. The highest BCUT2D eigenvalue weighted by Gasteiger charge is 2.32. The first kappa shape index (κ1) is 41.4. The summed E-state index contributed by atoms with van der Waals surface area (Å²) in [4.78, 5) is 23.6. The van der Waals surface area contributed by atoms with Crippen molar-refractivity contribution in [1.82, 2.24) is 14.7 Å². The average Bonchev–Trinajstić information content (AvgIpc) is 3.69. The second-order valence-electron chi connectivity index (χ2n) is 14.5. The lowest BCUT2D eigenvalue weighted by molar-refractivity contribution is -0.118. The van der Waals surface area contributed by atoms with Crippen LogP contribution in [0, 0.1) is 0 Å². The van der Waals surface area contributed by atoms with E-state index >= 15 is 0 Å².